The van der Waals surface area contributed by atoms with E-state index in [2.05, 4.69) is 0 Å². The van der Waals surface area contributed by atoms with Crippen LogP contribution >= 0.6 is 11.3 Å². The van der Waals surface area contributed by atoms with Gasteiger partial charge < -0.3 is 23.7 Å². The predicted octanol–water partition coefficient (Wildman–Crippen LogP) is 5.75. The molecule has 0 amide bonds. The van der Waals surface area contributed by atoms with Gasteiger partial charge in [0, 0.05) is 23.1 Å². The molecule has 0 spiro atoms. The molecule has 1 heterocycles. The smallest absolute Gasteiger partial charge is 0.497 e. The highest BCUT2D eigenvalue weighted by Crippen LogP contribution is 2.34. The van der Waals surface area contributed by atoms with Crippen molar-refractivity contribution in [2.75, 3.05) is 21.3 Å². The number of methoxy groups -OCH3 is 3. The fourth-order valence-electron chi connectivity index (χ4n) is 3.25. The van der Waals surface area contributed by atoms with Crippen molar-refractivity contribution in [3.05, 3.63) is 52.1 Å². The van der Waals surface area contributed by atoms with Crippen molar-refractivity contribution in [2.24, 2.45) is 10.1 Å². The van der Waals surface area contributed by atoms with Crippen molar-refractivity contribution in [3.8, 4) is 34.3 Å². The quantitative estimate of drug-likeness (QED) is 0.210. The zero-order valence-corrected chi connectivity index (χ0v) is 23.2. The highest BCUT2D eigenvalue weighted by Gasteiger charge is 2.20. The minimum atomic E-state index is -0.806. The third kappa shape index (κ3) is 7.36. The van der Waals surface area contributed by atoms with Gasteiger partial charge in [-0.1, -0.05) is 0 Å². The fourth-order valence-corrected chi connectivity index (χ4v) is 4.21. The van der Waals surface area contributed by atoms with E-state index in [9.17, 15) is 4.79 Å². The number of nitrogens with zero attached hydrogens (tertiary/aromatic N) is 3. The maximum atomic E-state index is 12.1. The molecule has 0 aliphatic rings. The second-order valence-corrected chi connectivity index (χ2v) is 10.1. The Balaban J connectivity index is 2.00. The molecule has 9 nitrogen and oxygen atoms in total. The number of thiazole rings is 1. The molecule has 0 unspecified atom stereocenters. The highest BCUT2D eigenvalue weighted by molar-refractivity contribution is 7.07. The first kappa shape index (κ1) is 27.8. The maximum absolute atomic E-state index is 12.1. The van der Waals surface area contributed by atoms with Gasteiger partial charge in [0.15, 0.2) is 11.5 Å². The Hall–Kier alpha value is -3.79. The van der Waals surface area contributed by atoms with Gasteiger partial charge in [-0.05, 0) is 70.5 Å². The largest absolute Gasteiger partial charge is 0.514 e. The van der Waals surface area contributed by atoms with Crippen molar-refractivity contribution >= 4 is 23.7 Å². The molecule has 0 saturated heterocycles. The van der Waals surface area contributed by atoms with Crippen LogP contribution in [0.2, 0.25) is 0 Å². The summed E-state index contributed by atoms with van der Waals surface area (Å²) in [4.78, 5) is 17.6. The van der Waals surface area contributed by atoms with Crippen LogP contribution in [0.25, 0.3) is 11.3 Å². The van der Waals surface area contributed by atoms with E-state index < -0.39 is 11.8 Å². The molecule has 0 N–H and O–H groups in total. The first-order valence-corrected chi connectivity index (χ1v) is 12.5. The molecule has 0 radical (unpaired) electrons. The Kier molecular flexibility index (Phi) is 8.99. The topological polar surface area (TPSA) is 92.9 Å². The van der Waals surface area contributed by atoms with Crippen LogP contribution in [0, 0.1) is 0 Å². The standard InChI is InChI=1S/C27H33N3O6S/c1-17(2)29-25-30(21(16-37-25)20-11-10-19(32-6)14-23(20)33-7)28-15-18-9-12-22(24(13-18)34-8)35-26(31)36-27(3,4)5/h9-17H,1-8H3. The number of benzene rings is 2. The van der Waals surface area contributed by atoms with E-state index in [1.165, 1.54) is 18.4 Å². The Bertz CT molecular complexity index is 1330. The molecule has 0 aliphatic carbocycles. The summed E-state index contributed by atoms with van der Waals surface area (Å²) in [6.45, 7) is 9.32. The molecule has 198 valence electrons. The third-order valence-electron chi connectivity index (χ3n) is 4.83. The molecule has 0 fully saturated rings. The molecule has 3 aromatic rings. The van der Waals surface area contributed by atoms with E-state index in [0.29, 0.717) is 17.2 Å². The van der Waals surface area contributed by atoms with Gasteiger partial charge in [0.25, 0.3) is 0 Å². The zero-order chi connectivity index (χ0) is 27.2. The van der Waals surface area contributed by atoms with E-state index in [0.717, 1.165) is 21.6 Å². The highest BCUT2D eigenvalue weighted by atomic mass is 32.1. The van der Waals surface area contributed by atoms with Crippen LogP contribution in [0.15, 0.2) is 51.9 Å². The number of rotatable bonds is 8. The summed E-state index contributed by atoms with van der Waals surface area (Å²) in [6, 6.07) is 10.8. The van der Waals surface area contributed by atoms with Gasteiger partial charge in [-0.3, -0.25) is 4.99 Å². The zero-order valence-electron chi connectivity index (χ0n) is 22.4. The molecule has 0 atom stereocenters. The number of carbonyl (C=O) groups excluding carboxylic acids is 1. The third-order valence-corrected chi connectivity index (χ3v) is 5.66. The Morgan fingerprint density at radius 1 is 0.973 bits per heavy atom. The summed E-state index contributed by atoms with van der Waals surface area (Å²) in [6.07, 6.45) is 0.879. The van der Waals surface area contributed by atoms with Gasteiger partial charge in [-0.15, -0.1) is 11.3 Å². The van der Waals surface area contributed by atoms with E-state index in [1.54, 1.807) is 64.1 Å². The van der Waals surface area contributed by atoms with Crippen LogP contribution in [0.4, 0.5) is 4.79 Å². The van der Waals surface area contributed by atoms with Gasteiger partial charge in [-0.25, -0.2) is 9.47 Å². The summed E-state index contributed by atoms with van der Waals surface area (Å²) in [7, 11) is 4.73. The maximum Gasteiger partial charge on any atom is 0.514 e. The fraction of sp³-hybridized carbons (Fsp3) is 0.370. The van der Waals surface area contributed by atoms with Gasteiger partial charge in [0.2, 0.25) is 4.80 Å². The summed E-state index contributed by atoms with van der Waals surface area (Å²) in [5.41, 5.74) is 1.73. The van der Waals surface area contributed by atoms with E-state index in [-0.39, 0.29) is 11.8 Å². The molecule has 0 aliphatic heterocycles. The first-order chi connectivity index (χ1) is 17.5. The number of hydrogen-bond acceptors (Lipinski definition) is 9. The minimum Gasteiger partial charge on any atom is -0.497 e. The van der Waals surface area contributed by atoms with Crippen LogP contribution in [-0.2, 0) is 4.74 Å². The summed E-state index contributed by atoms with van der Waals surface area (Å²) in [5, 5.41) is 6.72. The number of ether oxygens (including phenoxy) is 5. The van der Waals surface area contributed by atoms with Crippen molar-refractivity contribution in [2.45, 2.75) is 46.3 Å². The monoisotopic (exact) mass is 527 g/mol. The van der Waals surface area contributed by atoms with E-state index in [4.69, 9.17) is 33.8 Å². The number of hydrogen-bond donors (Lipinski definition) is 0. The molecule has 1 aromatic heterocycles. The van der Waals surface area contributed by atoms with Gasteiger partial charge in [-0.2, -0.15) is 5.10 Å². The lowest BCUT2D eigenvalue weighted by atomic mass is 10.1. The Morgan fingerprint density at radius 2 is 1.70 bits per heavy atom. The minimum absolute atomic E-state index is 0.0788. The second-order valence-electron chi connectivity index (χ2n) is 9.23. The number of carbonyl (C=O) groups is 1. The summed E-state index contributed by atoms with van der Waals surface area (Å²) >= 11 is 1.48. The molecule has 0 saturated carbocycles. The van der Waals surface area contributed by atoms with Crippen LogP contribution in [-0.4, -0.2) is 50.0 Å². The molecule has 0 bridgehead atoms. The van der Waals surface area contributed by atoms with Crippen LogP contribution in [0.5, 0.6) is 23.0 Å². The van der Waals surface area contributed by atoms with Crippen molar-refractivity contribution in [1.82, 2.24) is 4.68 Å². The normalized spacial score (nSPS) is 12.2. The van der Waals surface area contributed by atoms with Crippen molar-refractivity contribution < 1.29 is 28.5 Å². The SMILES string of the molecule is COc1ccc(-c2csc(=NC(C)C)n2N=Cc2ccc(OC(=O)OC(C)(C)C)c(OC)c2)c(OC)c1. The Labute approximate surface area is 220 Å². The average molecular weight is 528 g/mol. The summed E-state index contributed by atoms with van der Waals surface area (Å²) in [5.74, 6) is 1.96. The van der Waals surface area contributed by atoms with Crippen LogP contribution in [0.3, 0.4) is 0 Å². The van der Waals surface area contributed by atoms with Gasteiger partial charge in [0.05, 0.1) is 33.2 Å². The molecular formula is C27H33N3O6S. The molecular weight excluding hydrogens is 494 g/mol. The van der Waals surface area contributed by atoms with Crippen LogP contribution in [0.1, 0.15) is 40.2 Å². The molecule has 37 heavy (non-hydrogen) atoms. The summed E-state index contributed by atoms with van der Waals surface area (Å²) < 4.78 is 28.7. The lowest BCUT2D eigenvalue weighted by Gasteiger charge is -2.19. The lowest BCUT2D eigenvalue weighted by Crippen LogP contribution is -2.26. The Morgan fingerprint density at radius 3 is 2.32 bits per heavy atom. The lowest BCUT2D eigenvalue weighted by molar-refractivity contribution is 0.0201. The van der Waals surface area contributed by atoms with E-state index >= 15 is 0 Å². The molecule has 10 heteroatoms. The van der Waals surface area contributed by atoms with Crippen molar-refractivity contribution in [1.29, 1.82) is 0 Å². The number of aromatic nitrogens is 1. The van der Waals surface area contributed by atoms with Crippen LogP contribution < -0.4 is 23.7 Å². The van der Waals surface area contributed by atoms with Gasteiger partial charge >= 0.3 is 6.16 Å². The van der Waals surface area contributed by atoms with Crippen molar-refractivity contribution in [3.63, 3.8) is 0 Å². The molecule has 3 rings (SSSR count). The van der Waals surface area contributed by atoms with E-state index in [1.807, 2.05) is 37.4 Å². The second kappa shape index (κ2) is 12.0. The van der Waals surface area contributed by atoms with Gasteiger partial charge in [0.1, 0.15) is 17.1 Å². The first-order valence-electron chi connectivity index (χ1n) is 11.6. The molecule has 2 aromatic carbocycles. The average Bonchev–Trinajstić information content (AvgIpc) is 3.22. The predicted molar refractivity (Wildman–Crippen MR) is 144 cm³/mol.